The first kappa shape index (κ1) is 13.8. The number of ether oxygens (including phenoxy) is 1. The van der Waals surface area contributed by atoms with E-state index in [2.05, 4.69) is 24.2 Å². The molecule has 5 nitrogen and oxygen atoms in total. The number of carbonyl (C=O) groups is 1. The molecule has 0 aromatic carbocycles. The molecule has 0 radical (unpaired) electrons. The Balaban J connectivity index is 1.78. The van der Waals surface area contributed by atoms with Gasteiger partial charge in [0, 0.05) is 25.2 Å². The van der Waals surface area contributed by atoms with E-state index in [0.717, 1.165) is 32.2 Å². The lowest BCUT2D eigenvalue weighted by Gasteiger charge is -2.35. The van der Waals surface area contributed by atoms with Crippen LogP contribution in [-0.2, 0) is 9.53 Å². The maximum absolute atomic E-state index is 12.1. The number of likely N-dealkylation sites (tertiary alicyclic amines) is 1. The average Bonchev–Trinajstić information content (AvgIpc) is 2.82. The number of nitrogens with one attached hydrogen (secondary N) is 1. The number of nitrogens with two attached hydrogens (primary N) is 1. The van der Waals surface area contributed by atoms with Crippen molar-refractivity contribution in [2.24, 2.45) is 5.73 Å². The van der Waals surface area contributed by atoms with Gasteiger partial charge in [-0.3, -0.25) is 4.79 Å². The molecule has 3 N–H and O–H groups in total. The summed E-state index contributed by atoms with van der Waals surface area (Å²) in [5.41, 5.74) is 5.55. The molecule has 4 atom stereocenters. The Bertz CT molecular complexity index is 298. The summed E-state index contributed by atoms with van der Waals surface area (Å²) in [6.07, 6.45) is 3.54. The number of rotatable bonds is 3. The highest BCUT2D eigenvalue weighted by Crippen LogP contribution is 2.20. The SMILES string of the molecule is CC1CC(NC(=O)C2CCC(CN)O2)CCN1C. The highest BCUT2D eigenvalue weighted by Gasteiger charge is 2.32. The normalized spacial score (nSPS) is 37.7. The van der Waals surface area contributed by atoms with Crippen LogP contribution in [0.3, 0.4) is 0 Å². The number of piperidine rings is 1. The first-order chi connectivity index (χ1) is 8.60. The van der Waals surface area contributed by atoms with E-state index in [9.17, 15) is 4.79 Å². The van der Waals surface area contributed by atoms with Gasteiger partial charge in [-0.05, 0) is 39.7 Å². The fraction of sp³-hybridized carbons (Fsp3) is 0.923. The number of nitrogens with zero attached hydrogens (tertiary/aromatic N) is 1. The predicted octanol–water partition coefficient (Wildman–Crippen LogP) is 0.0916. The molecule has 2 fully saturated rings. The number of hydrogen-bond acceptors (Lipinski definition) is 4. The van der Waals surface area contributed by atoms with Crippen molar-refractivity contribution in [1.82, 2.24) is 10.2 Å². The van der Waals surface area contributed by atoms with Gasteiger partial charge in [-0.15, -0.1) is 0 Å². The summed E-state index contributed by atoms with van der Waals surface area (Å²) in [5.74, 6) is 0.0488. The Labute approximate surface area is 109 Å². The summed E-state index contributed by atoms with van der Waals surface area (Å²) in [5, 5.41) is 3.12. The van der Waals surface area contributed by atoms with Crippen molar-refractivity contribution in [3.05, 3.63) is 0 Å². The lowest BCUT2D eigenvalue weighted by atomic mass is 9.98. The molecule has 0 saturated carbocycles. The smallest absolute Gasteiger partial charge is 0.249 e. The Morgan fingerprint density at radius 2 is 2.22 bits per heavy atom. The van der Waals surface area contributed by atoms with Gasteiger partial charge in [-0.1, -0.05) is 0 Å². The van der Waals surface area contributed by atoms with Gasteiger partial charge >= 0.3 is 0 Å². The molecule has 0 bridgehead atoms. The Morgan fingerprint density at radius 1 is 1.44 bits per heavy atom. The number of amides is 1. The van der Waals surface area contributed by atoms with Crippen molar-refractivity contribution in [3.8, 4) is 0 Å². The van der Waals surface area contributed by atoms with Crippen LogP contribution in [0.4, 0.5) is 0 Å². The van der Waals surface area contributed by atoms with E-state index in [1.165, 1.54) is 0 Å². The van der Waals surface area contributed by atoms with Gasteiger partial charge in [0.2, 0.25) is 5.91 Å². The molecule has 0 aliphatic carbocycles. The zero-order valence-corrected chi connectivity index (χ0v) is 11.4. The summed E-state index contributed by atoms with van der Waals surface area (Å²) < 4.78 is 5.61. The van der Waals surface area contributed by atoms with Gasteiger partial charge < -0.3 is 20.7 Å². The highest BCUT2D eigenvalue weighted by atomic mass is 16.5. The molecule has 1 amide bonds. The Kier molecular flexibility index (Phi) is 4.59. The van der Waals surface area contributed by atoms with Gasteiger partial charge in [-0.25, -0.2) is 0 Å². The lowest BCUT2D eigenvalue weighted by Crippen LogP contribution is -2.49. The molecule has 104 valence electrons. The quantitative estimate of drug-likeness (QED) is 0.750. The van der Waals surface area contributed by atoms with E-state index < -0.39 is 0 Å². The third kappa shape index (κ3) is 3.22. The summed E-state index contributed by atoms with van der Waals surface area (Å²) in [6.45, 7) is 3.76. The van der Waals surface area contributed by atoms with Gasteiger partial charge in [0.05, 0.1) is 6.10 Å². The molecule has 2 aliphatic rings. The minimum absolute atomic E-state index is 0.0488. The highest BCUT2D eigenvalue weighted by molar-refractivity contribution is 5.81. The summed E-state index contributed by atoms with van der Waals surface area (Å²) in [4.78, 5) is 14.4. The topological polar surface area (TPSA) is 67.6 Å². The monoisotopic (exact) mass is 255 g/mol. The molecule has 0 spiro atoms. The first-order valence-electron chi connectivity index (χ1n) is 6.96. The lowest BCUT2D eigenvalue weighted by molar-refractivity contribution is -0.133. The van der Waals surface area contributed by atoms with Crippen LogP contribution in [0.25, 0.3) is 0 Å². The van der Waals surface area contributed by atoms with Crippen LogP contribution in [0.1, 0.15) is 32.6 Å². The van der Waals surface area contributed by atoms with Gasteiger partial charge in [0.1, 0.15) is 6.10 Å². The molecule has 0 aromatic rings. The predicted molar refractivity (Wildman–Crippen MR) is 70.2 cm³/mol. The zero-order chi connectivity index (χ0) is 13.1. The van der Waals surface area contributed by atoms with E-state index >= 15 is 0 Å². The molecule has 18 heavy (non-hydrogen) atoms. The first-order valence-corrected chi connectivity index (χ1v) is 6.96. The van der Waals surface area contributed by atoms with Crippen molar-refractivity contribution in [2.45, 2.75) is 56.9 Å². The molecule has 2 rings (SSSR count). The second-order valence-corrected chi connectivity index (χ2v) is 5.62. The number of hydrogen-bond donors (Lipinski definition) is 2. The molecule has 4 unspecified atom stereocenters. The standard InChI is InChI=1S/C13H25N3O2/c1-9-7-10(5-6-16(9)2)15-13(17)12-4-3-11(8-14)18-12/h9-12H,3-8,14H2,1-2H3,(H,15,17). The maximum Gasteiger partial charge on any atom is 0.249 e. The van der Waals surface area contributed by atoms with Crippen LogP contribution >= 0.6 is 0 Å². The molecule has 2 saturated heterocycles. The van der Waals surface area contributed by atoms with Crippen LogP contribution in [0.5, 0.6) is 0 Å². The van der Waals surface area contributed by atoms with Crippen LogP contribution in [0, 0.1) is 0 Å². The van der Waals surface area contributed by atoms with E-state index in [4.69, 9.17) is 10.5 Å². The molecule has 5 heteroatoms. The van der Waals surface area contributed by atoms with Gasteiger partial charge in [0.25, 0.3) is 0 Å². The van der Waals surface area contributed by atoms with Gasteiger partial charge in [0.15, 0.2) is 0 Å². The molecular weight excluding hydrogens is 230 g/mol. The average molecular weight is 255 g/mol. The van der Waals surface area contributed by atoms with Crippen LogP contribution in [-0.4, -0.2) is 55.2 Å². The van der Waals surface area contributed by atoms with Crippen molar-refractivity contribution in [2.75, 3.05) is 20.1 Å². The minimum Gasteiger partial charge on any atom is -0.364 e. The summed E-state index contributed by atoms with van der Waals surface area (Å²) in [6, 6.07) is 0.828. The minimum atomic E-state index is -0.284. The molecular formula is C13H25N3O2. The third-order valence-electron chi connectivity index (χ3n) is 4.22. The van der Waals surface area contributed by atoms with Crippen molar-refractivity contribution in [1.29, 1.82) is 0 Å². The van der Waals surface area contributed by atoms with Crippen molar-refractivity contribution in [3.63, 3.8) is 0 Å². The van der Waals surface area contributed by atoms with E-state index in [1.807, 2.05) is 0 Å². The molecule has 2 heterocycles. The van der Waals surface area contributed by atoms with Crippen molar-refractivity contribution >= 4 is 5.91 Å². The summed E-state index contributed by atoms with van der Waals surface area (Å²) in [7, 11) is 2.13. The Morgan fingerprint density at radius 3 is 2.83 bits per heavy atom. The van der Waals surface area contributed by atoms with E-state index in [-0.39, 0.29) is 18.1 Å². The van der Waals surface area contributed by atoms with E-state index in [0.29, 0.717) is 18.6 Å². The Hall–Kier alpha value is -0.650. The number of carbonyl (C=O) groups excluding carboxylic acids is 1. The van der Waals surface area contributed by atoms with Crippen LogP contribution in [0.15, 0.2) is 0 Å². The van der Waals surface area contributed by atoms with E-state index in [1.54, 1.807) is 0 Å². The fourth-order valence-electron chi connectivity index (χ4n) is 2.79. The maximum atomic E-state index is 12.1. The largest absolute Gasteiger partial charge is 0.364 e. The third-order valence-corrected chi connectivity index (χ3v) is 4.22. The second-order valence-electron chi connectivity index (χ2n) is 5.62. The molecule has 2 aliphatic heterocycles. The fourth-order valence-corrected chi connectivity index (χ4v) is 2.79. The van der Waals surface area contributed by atoms with Crippen LogP contribution < -0.4 is 11.1 Å². The molecule has 0 aromatic heterocycles. The van der Waals surface area contributed by atoms with Crippen molar-refractivity contribution < 1.29 is 9.53 Å². The van der Waals surface area contributed by atoms with Gasteiger partial charge in [-0.2, -0.15) is 0 Å². The van der Waals surface area contributed by atoms with Crippen LogP contribution in [0.2, 0.25) is 0 Å². The second kappa shape index (κ2) is 5.99. The zero-order valence-electron chi connectivity index (χ0n) is 11.4. The summed E-state index contributed by atoms with van der Waals surface area (Å²) >= 11 is 0.